The van der Waals surface area contributed by atoms with E-state index in [0.717, 1.165) is 10.8 Å². The molecule has 0 aromatic heterocycles. The minimum atomic E-state index is 0.0925. The highest BCUT2D eigenvalue weighted by atomic mass is 16.5. The predicted molar refractivity (Wildman–Crippen MR) is 58.4 cm³/mol. The second-order valence-electron chi connectivity index (χ2n) is 3.25. The molecule has 0 fully saturated rings. The van der Waals surface area contributed by atoms with Crippen LogP contribution in [0, 0.1) is 0 Å². The molecule has 0 saturated heterocycles. The summed E-state index contributed by atoms with van der Waals surface area (Å²) in [6.45, 7) is 2.32. The highest BCUT2D eigenvalue weighted by Gasteiger charge is 2.08. The first-order valence-corrected chi connectivity index (χ1v) is 4.80. The molecular formula is C12H12O3. The summed E-state index contributed by atoms with van der Waals surface area (Å²) in [5.74, 6) is 0.676. The van der Waals surface area contributed by atoms with Gasteiger partial charge in [0, 0.05) is 5.39 Å². The van der Waals surface area contributed by atoms with Crippen LogP contribution in [0.15, 0.2) is 30.3 Å². The second-order valence-corrected chi connectivity index (χ2v) is 3.25. The van der Waals surface area contributed by atoms with Gasteiger partial charge in [-0.15, -0.1) is 0 Å². The molecule has 0 radical (unpaired) electrons. The van der Waals surface area contributed by atoms with E-state index in [1.807, 2.05) is 6.92 Å². The summed E-state index contributed by atoms with van der Waals surface area (Å²) in [4.78, 5) is 0. The summed E-state index contributed by atoms with van der Waals surface area (Å²) in [6, 6.07) is 8.35. The SMILES string of the molecule is CCOc1c(O)ccc2ccc(O)cc12. The van der Waals surface area contributed by atoms with E-state index in [9.17, 15) is 10.2 Å². The van der Waals surface area contributed by atoms with Crippen LogP contribution in [0.1, 0.15) is 6.92 Å². The molecule has 0 spiro atoms. The molecule has 2 aromatic rings. The number of phenolic OH excluding ortho intramolecular Hbond substituents is 2. The van der Waals surface area contributed by atoms with Crippen molar-refractivity contribution in [3.63, 3.8) is 0 Å². The van der Waals surface area contributed by atoms with E-state index in [2.05, 4.69) is 0 Å². The molecule has 0 saturated carbocycles. The number of rotatable bonds is 2. The maximum absolute atomic E-state index is 9.62. The Kier molecular flexibility index (Phi) is 2.37. The molecule has 78 valence electrons. The van der Waals surface area contributed by atoms with Crippen LogP contribution in [-0.2, 0) is 0 Å². The minimum absolute atomic E-state index is 0.0925. The third-order valence-corrected chi connectivity index (χ3v) is 2.22. The van der Waals surface area contributed by atoms with Crippen molar-refractivity contribution in [2.45, 2.75) is 6.92 Å². The number of hydrogen-bond acceptors (Lipinski definition) is 3. The monoisotopic (exact) mass is 204 g/mol. The van der Waals surface area contributed by atoms with Crippen molar-refractivity contribution in [2.75, 3.05) is 6.61 Å². The van der Waals surface area contributed by atoms with Crippen LogP contribution in [-0.4, -0.2) is 16.8 Å². The maximum atomic E-state index is 9.62. The largest absolute Gasteiger partial charge is 0.508 e. The Morgan fingerprint density at radius 2 is 1.87 bits per heavy atom. The van der Waals surface area contributed by atoms with Crippen molar-refractivity contribution in [3.05, 3.63) is 30.3 Å². The lowest BCUT2D eigenvalue weighted by molar-refractivity contribution is 0.322. The van der Waals surface area contributed by atoms with Gasteiger partial charge in [0.15, 0.2) is 11.5 Å². The zero-order valence-corrected chi connectivity index (χ0v) is 8.40. The smallest absolute Gasteiger partial charge is 0.168 e. The topological polar surface area (TPSA) is 49.7 Å². The van der Waals surface area contributed by atoms with Crippen molar-refractivity contribution in [2.24, 2.45) is 0 Å². The van der Waals surface area contributed by atoms with Gasteiger partial charge < -0.3 is 14.9 Å². The van der Waals surface area contributed by atoms with E-state index in [0.29, 0.717) is 12.4 Å². The zero-order valence-electron chi connectivity index (χ0n) is 8.40. The van der Waals surface area contributed by atoms with Crippen LogP contribution >= 0.6 is 0 Å². The van der Waals surface area contributed by atoms with Gasteiger partial charge in [0.25, 0.3) is 0 Å². The Labute approximate surface area is 87.5 Å². The number of hydrogen-bond donors (Lipinski definition) is 2. The first-order valence-electron chi connectivity index (χ1n) is 4.80. The number of benzene rings is 2. The van der Waals surface area contributed by atoms with Crippen LogP contribution in [0.3, 0.4) is 0 Å². The molecule has 0 atom stereocenters. The molecule has 0 unspecified atom stereocenters. The number of phenols is 2. The standard InChI is InChI=1S/C12H12O3/c1-2-15-12-10-7-9(13)5-3-8(10)4-6-11(12)14/h3-7,13-14H,2H2,1H3. The van der Waals surface area contributed by atoms with Crippen LogP contribution in [0.25, 0.3) is 10.8 Å². The third-order valence-electron chi connectivity index (χ3n) is 2.22. The number of aromatic hydroxyl groups is 2. The number of fused-ring (bicyclic) bond motifs is 1. The lowest BCUT2D eigenvalue weighted by atomic mass is 10.1. The normalized spacial score (nSPS) is 10.5. The molecule has 0 aliphatic heterocycles. The second kappa shape index (κ2) is 3.69. The van der Waals surface area contributed by atoms with E-state index in [-0.39, 0.29) is 11.5 Å². The van der Waals surface area contributed by atoms with Crippen LogP contribution in [0.5, 0.6) is 17.2 Å². The molecule has 0 aliphatic carbocycles. The van der Waals surface area contributed by atoms with Crippen molar-refractivity contribution < 1.29 is 14.9 Å². The maximum Gasteiger partial charge on any atom is 0.168 e. The van der Waals surface area contributed by atoms with Gasteiger partial charge >= 0.3 is 0 Å². The molecule has 0 heterocycles. The highest BCUT2D eigenvalue weighted by molar-refractivity contribution is 5.91. The third kappa shape index (κ3) is 1.68. The average Bonchev–Trinajstić information content (AvgIpc) is 2.23. The first-order chi connectivity index (χ1) is 7.22. The molecule has 2 aromatic carbocycles. The Bertz CT molecular complexity index is 486. The minimum Gasteiger partial charge on any atom is -0.508 e. The molecule has 0 bridgehead atoms. The van der Waals surface area contributed by atoms with E-state index >= 15 is 0 Å². The van der Waals surface area contributed by atoms with Gasteiger partial charge in [-0.25, -0.2) is 0 Å². The van der Waals surface area contributed by atoms with Gasteiger partial charge in [-0.1, -0.05) is 12.1 Å². The molecule has 0 aliphatic rings. The Balaban J connectivity index is 2.72. The predicted octanol–water partition coefficient (Wildman–Crippen LogP) is 2.65. The van der Waals surface area contributed by atoms with Crippen LogP contribution < -0.4 is 4.74 Å². The fraction of sp³-hybridized carbons (Fsp3) is 0.167. The Morgan fingerprint density at radius 1 is 1.13 bits per heavy atom. The molecule has 0 amide bonds. The summed E-state index contributed by atoms with van der Waals surface area (Å²) in [5.41, 5.74) is 0. The summed E-state index contributed by atoms with van der Waals surface area (Å²) >= 11 is 0. The van der Waals surface area contributed by atoms with Gasteiger partial charge in [0.2, 0.25) is 0 Å². The van der Waals surface area contributed by atoms with E-state index in [1.165, 1.54) is 0 Å². The molecule has 2 N–H and O–H groups in total. The summed E-state index contributed by atoms with van der Waals surface area (Å²) < 4.78 is 5.34. The van der Waals surface area contributed by atoms with Gasteiger partial charge in [-0.3, -0.25) is 0 Å². The summed E-state index contributed by atoms with van der Waals surface area (Å²) in [7, 11) is 0. The fourth-order valence-corrected chi connectivity index (χ4v) is 1.56. The summed E-state index contributed by atoms with van der Waals surface area (Å²) in [5, 5.41) is 20.6. The average molecular weight is 204 g/mol. The van der Waals surface area contributed by atoms with Gasteiger partial charge in [-0.2, -0.15) is 0 Å². The van der Waals surface area contributed by atoms with E-state index < -0.39 is 0 Å². The molecular weight excluding hydrogens is 192 g/mol. The van der Waals surface area contributed by atoms with Crippen LogP contribution in [0.4, 0.5) is 0 Å². The van der Waals surface area contributed by atoms with Gasteiger partial charge in [0.05, 0.1) is 6.61 Å². The molecule has 15 heavy (non-hydrogen) atoms. The number of ether oxygens (including phenoxy) is 1. The van der Waals surface area contributed by atoms with Gasteiger partial charge in [-0.05, 0) is 30.5 Å². The van der Waals surface area contributed by atoms with E-state index in [1.54, 1.807) is 30.3 Å². The van der Waals surface area contributed by atoms with Crippen molar-refractivity contribution >= 4 is 10.8 Å². The zero-order chi connectivity index (χ0) is 10.8. The highest BCUT2D eigenvalue weighted by Crippen LogP contribution is 2.36. The Morgan fingerprint density at radius 3 is 2.60 bits per heavy atom. The first kappa shape index (κ1) is 9.65. The van der Waals surface area contributed by atoms with Gasteiger partial charge in [0.1, 0.15) is 5.75 Å². The van der Waals surface area contributed by atoms with Crippen LogP contribution in [0.2, 0.25) is 0 Å². The van der Waals surface area contributed by atoms with E-state index in [4.69, 9.17) is 4.74 Å². The Hall–Kier alpha value is -1.90. The lowest BCUT2D eigenvalue weighted by Gasteiger charge is -2.09. The molecule has 2 rings (SSSR count). The van der Waals surface area contributed by atoms with Crippen molar-refractivity contribution in [1.82, 2.24) is 0 Å². The summed E-state index contributed by atoms with van der Waals surface area (Å²) in [6.07, 6.45) is 0. The quantitative estimate of drug-likeness (QED) is 0.790. The van der Waals surface area contributed by atoms with Crippen molar-refractivity contribution in [1.29, 1.82) is 0 Å². The molecule has 3 nitrogen and oxygen atoms in total. The molecule has 3 heteroatoms. The lowest BCUT2D eigenvalue weighted by Crippen LogP contribution is -1.92. The fourth-order valence-electron chi connectivity index (χ4n) is 1.56. The van der Waals surface area contributed by atoms with Crippen molar-refractivity contribution in [3.8, 4) is 17.2 Å².